The van der Waals surface area contributed by atoms with Gasteiger partial charge in [-0.3, -0.25) is 9.69 Å². The standard InChI is InChI=1S/C18H19NO3S2/c1-11(2)15(17(21)22)19-16(20)14(24-18(19)23)10-12(3)9-13-7-5-4-6-8-13/h4-11,15H,1-3H3,(H,21,22)/t15-/m1/s1. The Morgan fingerprint density at radius 3 is 2.46 bits per heavy atom. The van der Waals surface area contributed by atoms with E-state index in [1.54, 1.807) is 19.9 Å². The van der Waals surface area contributed by atoms with Crippen molar-refractivity contribution in [1.29, 1.82) is 0 Å². The Labute approximate surface area is 151 Å². The van der Waals surface area contributed by atoms with Crippen molar-refractivity contribution in [2.45, 2.75) is 26.8 Å². The zero-order valence-corrected chi connectivity index (χ0v) is 15.4. The van der Waals surface area contributed by atoms with Gasteiger partial charge in [-0.05, 0) is 30.1 Å². The monoisotopic (exact) mass is 361 g/mol. The molecular formula is C18H19NO3S2. The van der Waals surface area contributed by atoms with Gasteiger partial charge in [-0.2, -0.15) is 0 Å². The van der Waals surface area contributed by atoms with Gasteiger partial charge in [0, 0.05) is 0 Å². The molecule has 1 aromatic carbocycles. The summed E-state index contributed by atoms with van der Waals surface area (Å²) in [6.45, 7) is 5.43. The predicted octanol–water partition coefficient (Wildman–Crippen LogP) is 3.94. The third-order valence-corrected chi connectivity index (χ3v) is 4.87. The van der Waals surface area contributed by atoms with Crippen molar-refractivity contribution in [2.75, 3.05) is 0 Å². The lowest BCUT2D eigenvalue weighted by molar-refractivity contribution is -0.146. The molecule has 4 nitrogen and oxygen atoms in total. The van der Waals surface area contributed by atoms with E-state index in [-0.39, 0.29) is 11.8 Å². The van der Waals surface area contributed by atoms with Crippen molar-refractivity contribution < 1.29 is 14.7 Å². The molecule has 1 fully saturated rings. The summed E-state index contributed by atoms with van der Waals surface area (Å²) in [5.74, 6) is -1.61. The highest BCUT2D eigenvalue weighted by molar-refractivity contribution is 8.26. The third kappa shape index (κ3) is 4.13. The SMILES string of the molecule is CC(=Cc1ccccc1)C=C1SC(=S)N([C@@H](C(=O)O)C(C)C)C1=O. The fourth-order valence-corrected chi connectivity index (χ4v) is 3.85. The summed E-state index contributed by atoms with van der Waals surface area (Å²) < 4.78 is 0.292. The number of aliphatic carboxylic acids is 1. The van der Waals surface area contributed by atoms with E-state index < -0.39 is 12.0 Å². The minimum atomic E-state index is -1.04. The van der Waals surface area contributed by atoms with E-state index in [0.29, 0.717) is 9.23 Å². The first-order valence-corrected chi connectivity index (χ1v) is 8.77. The average molecular weight is 361 g/mol. The average Bonchev–Trinajstić information content (AvgIpc) is 2.75. The second-order valence-electron chi connectivity index (χ2n) is 5.88. The molecule has 0 saturated carbocycles. The summed E-state index contributed by atoms with van der Waals surface area (Å²) in [5, 5.41) is 9.41. The summed E-state index contributed by atoms with van der Waals surface area (Å²) in [7, 11) is 0. The Bertz CT molecular complexity index is 723. The van der Waals surface area contributed by atoms with E-state index in [1.807, 2.05) is 43.3 Å². The summed E-state index contributed by atoms with van der Waals surface area (Å²) in [4.78, 5) is 25.8. The van der Waals surface area contributed by atoms with Crippen LogP contribution in [-0.4, -0.2) is 32.2 Å². The number of hydrogen-bond donors (Lipinski definition) is 1. The Morgan fingerprint density at radius 1 is 1.29 bits per heavy atom. The topological polar surface area (TPSA) is 57.6 Å². The number of benzene rings is 1. The molecule has 1 aromatic rings. The van der Waals surface area contributed by atoms with Crippen LogP contribution in [0.25, 0.3) is 6.08 Å². The van der Waals surface area contributed by atoms with Crippen LogP contribution in [0.3, 0.4) is 0 Å². The van der Waals surface area contributed by atoms with Crippen LogP contribution in [0.1, 0.15) is 26.3 Å². The van der Waals surface area contributed by atoms with Crippen LogP contribution in [0.2, 0.25) is 0 Å². The molecule has 1 N–H and O–H groups in total. The summed E-state index contributed by atoms with van der Waals surface area (Å²) in [5.41, 5.74) is 1.94. The molecule has 2 rings (SSSR count). The van der Waals surface area contributed by atoms with Gasteiger partial charge < -0.3 is 5.11 Å². The largest absolute Gasteiger partial charge is 0.480 e. The first kappa shape index (κ1) is 18.4. The highest BCUT2D eigenvalue weighted by Gasteiger charge is 2.41. The van der Waals surface area contributed by atoms with Gasteiger partial charge in [-0.15, -0.1) is 0 Å². The van der Waals surface area contributed by atoms with Crippen molar-refractivity contribution in [3.63, 3.8) is 0 Å². The van der Waals surface area contributed by atoms with Crippen LogP contribution >= 0.6 is 24.0 Å². The van der Waals surface area contributed by atoms with Crippen LogP contribution in [0.4, 0.5) is 0 Å². The van der Waals surface area contributed by atoms with Crippen LogP contribution in [0, 0.1) is 5.92 Å². The molecule has 1 saturated heterocycles. The lowest BCUT2D eigenvalue weighted by Crippen LogP contribution is -2.47. The smallest absolute Gasteiger partial charge is 0.327 e. The number of thiocarbonyl (C=S) groups is 1. The molecule has 126 valence electrons. The lowest BCUT2D eigenvalue weighted by Gasteiger charge is -2.26. The molecule has 1 aliphatic heterocycles. The molecule has 1 aliphatic rings. The molecule has 1 amide bonds. The molecule has 24 heavy (non-hydrogen) atoms. The molecule has 1 heterocycles. The van der Waals surface area contributed by atoms with E-state index in [0.717, 1.165) is 22.9 Å². The number of amides is 1. The Hall–Kier alpha value is -1.92. The minimum Gasteiger partial charge on any atom is -0.480 e. The van der Waals surface area contributed by atoms with Gasteiger partial charge in [0.1, 0.15) is 10.4 Å². The second-order valence-corrected chi connectivity index (χ2v) is 7.55. The van der Waals surface area contributed by atoms with Gasteiger partial charge >= 0.3 is 5.97 Å². The molecule has 0 unspecified atom stereocenters. The van der Waals surface area contributed by atoms with Crippen LogP contribution in [0.5, 0.6) is 0 Å². The Morgan fingerprint density at radius 2 is 1.92 bits per heavy atom. The Kier molecular flexibility index (Phi) is 5.96. The maximum Gasteiger partial charge on any atom is 0.327 e. The van der Waals surface area contributed by atoms with Gasteiger partial charge in [-0.1, -0.05) is 74.2 Å². The number of thioether (sulfide) groups is 1. The molecule has 1 atom stereocenters. The number of carboxylic acid groups (broad SMARTS) is 1. The lowest BCUT2D eigenvalue weighted by atomic mass is 10.0. The highest BCUT2D eigenvalue weighted by atomic mass is 32.2. The Balaban J connectivity index is 2.28. The first-order valence-electron chi connectivity index (χ1n) is 7.54. The van der Waals surface area contributed by atoms with Crippen molar-refractivity contribution in [3.05, 3.63) is 52.4 Å². The van der Waals surface area contributed by atoms with Crippen molar-refractivity contribution in [3.8, 4) is 0 Å². The summed E-state index contributed by atoms with van der Waals surface area (Å²) in [6, 6.07) is 8.83. The molecule has 6 heteroatoms. The number of carbonyl (C=O) groups excluding carboxylic acids is 1. The van der Waals surface area contributed by atoms with E-state index >= 15 is 0 Å². The molecule has 0 aromatic heterocycles. The number of carbonyl (C=O) groups is 2. The molecule has 0 radical (unpaired) electrons. The maximum absolute atomic E-state index is 12.6. The first-order chi connectivity index (χ1) is 11.3. The third-order valence-electron chi connectivity index (χ3n) is 3.54. The minimum absolute atomic E-state index is 0.231. The molecule has 0 bridgehead atoms. The molecular weight excluding hydrogens is 342 g/mol. The van der Waals surface area contributed by atoms with Crippen LogP contribution < -0.4 is 0 Å². The van der Waals surface area contributed by atoms with E-state index in [2.05, 4.69) is 0 Å². The number of allylic oxidation sites excluding steroid dienone is 2. The number of rotatable bonds is 5. The fourth-order valence-electron chi connectivity index (χ4n) is 2.47. The second kappa shape index (κ2) is 7.77. The summed E-state index contributed by atoms with van der Waals surface area (Å²) in [6.07, 6.45) is 3.72. The van der Waals surface area contributed by atoms with Crippen molar-refractivity contribution in [1.82, 2.24) is 4.90 Å². The van der Waals surface area contributed by atoms with Crippen molar-refractivity contribution >= 4 is 46.3 Å². The quantitative estimate of drug-likeness (QED) is 0.636. The van der Waals surface area contributed by atoms with E-state index in [4.69, 9.17) is 12.2 Å². The molecule has 0 aliphatic carbocycles. The zero-order chi connectivity index (χ0) is 17.9. The number of carboxylic acids is 1. The van der Waals surface area contributed by atoms with Crippen LogP contribution in [0.15, 0.2) is 46.9 Å². The van der Waals surface area contributed by atoms with Crippen molar-refractivity contribution in [2.24, 2.45) is 5.92 Å². The van der Waals surface area contributed by atoms with Gasteiger partial charge in [-0.25, -0.2) is 4.79 Å². The normalized spacial score (nSPS) is 18.6. The van der Waals surface area contributed by atoms with E-state index in [9.17, 15) is 14.7 Å². The summed E-state index contributed by atoms with van der Waals surface area (Å²) >= 11 is 6.38. The van der Waals surface area contributed by atoms with Gasteiger partial charge in [0.2, 0.25) is 0 Å². The van der Waals surface area contributed by atoms with Gasteiger partial charge in [0.15, 0.2) is 0 Å². The van der Waals surface area contributed by atoms with Crippen LogP contribution in [-0.2, 0) is 9.59 Å². The molecule has 0 spiro atoms. The van der Waals surface area contributed by atoms with Gasteiger partial charge in [0.05, 0.1) is 4.91 Å². The van der Waals surface area contributed by atoms with Gasteiger partial charge in [0.25, 0.3) is 5.91 Å². The fraction of sp³-hybridized carbons (Fsp3) is 0.278. The predicted molar refractivity (Wildman–Crippen MR) is 101 cm³/mol. The zero-order valence-electron chi connectivity index (χ0n) is 13.7. The highest BCUT2D eigenvalue weighted by Crippen LogP contribution is 2.35. The van der Waals surface area contributed by atoms with E-state index in [1.165, 1.54) is 4.90 Å². The maximum atomic E-state index is 12.6. The number of nitrogens with zero attached hydrogens (tertiary/aromatic N) is 1. The number of hydrogen-bond acceptors (Lipinski definition) is 4.